The Morgan fingerprint density at radius 3 is 2.44 bits per heavy atom. The number of anilines is 1. The summed E-state index contributed by atoms with van der Waals surface area (Å²) in [5.74, 6) is -0.537. The Morgan fingerprint density at radius 2 is 1.75 bits per heavy atom. The molecule has 1 aliphatic heterocycles. The molecule has 7 heteroatoms. The summed E-state index contributed by atoms with van der Waals surface area (Å²) in [7, 11) is 0. The van der Waals surface area contributed by atoms with E-state index in [0.717, 1.165) is 5.56 Å². The molecular formula is C25H19ClN2O3S. The molecule has 0 aliphatic carbocycles. The first-order valence-corrected chi connectivity index (χ1v) is 10.7. The van der Waals surface area contributed by atoms with Gasteiger partial charge in [-0.3, -0.25) is 19.8 Å². The number of nitrogens with zero attached hydrogens (tertiary/aromatic N) is 1. The van der Waals surface area contributed by atoms with Gasteiger partial charge in [0.1, 0.15) is 17.9 Å². The van der Waals surface area contributed by atoms with Crippen LogP contribution in [-0.2, 0) is 16.2 Å². The maximum Gasteiger partial charge on any atom is 0.270 e. The van der Waals surface area contributed by atoms with Crippen LogP contribution in [0.2, 0.25) is 5.02 Å². The van der Waals surface area contributed by atoms with Gasteiger partial charge in [-0.15, -0.1) is 0 Å². The minimum atomic E-state index is -0.553. The summed E-state index contributed by atoms with van der Waals surface area (Å²) in [6, 6.07) is 22.1. The molecule has 0 saturated carbocycles. The van der Waals surface area contributed by atoms with Crippen molar-refractivity contribution < 1.29 is 14.3 Å². The largest absolute Gasteiger partial charge is 0.487 e. The molecule has 1 N–H and O–H groups in total. The fourth-order valence-corrected chi connectivity index (χ4v) is 3.73. The van der Waals surface area contributed by atoms with Crippen LogP contribution in [0, 0.1) is 6.92 Å². The molecule has 1 aliphatic rings. The maximum absolute atomic E-state index is 13.0. The Hall–Kier alpha value is -3.48. The van der Waals surface area contributed by atoms with Gasteiger partial charge >= 0.3 is 0 Å². The molecule has 1 saturated heterocycles. The van der Waals surface area contributed by atoms with Crippen LogP contribution in [0.1, 0.15) is 16.7 Å². The van der Waals surface area contributed by atoms with Crippen LogP contribution < -0.4 is 15.0 Å². The number of amides is 2. The Morgan fingerprint density at radius 1 is 1.03 bits per heavy atom. The molecule has 0 radical (unpaired) electrons. The van der Waals surface area contributed by atoms with Crippen molar-refractivity contribution in [3.8, 4) is 5.75 Å². The second kappa shape index (κ2) is 9.34. The molecular weight excluding hydrogens is 444 g/mol. The number of ether oxygens (including phenoxy) is 1. The van der Waals surface area contributed by atoms with E-state index < -0.39 is 11.8 Å². The van der Waals surface area contributed by atoms with Crippen LogP contribution in [0.25, 0.3) is 6.08 Å². The van der Waals surface area contributed by atoms with E-state index in [1.54, 1.807) is 42.5 Å². The Bertz CT molecular complexity index is 1220. The lowest BCUT2D eigenvalue weighted by Crippen LogP contribution is -2.54. The molecule has 0 spiro atoms. The monoisotopic (exact) mass is 462 g/mol. The van der Waals surface area contributed by atoms with Gasteiger partial charge in [-0.05, 0) is 60.6 Å². The summed E-state index contributed by atoms with van der Waals surface area (Å²) in [5.41, 5.74) is 3.34. The number of thiocarbonyl (C=S) groups is 1. The van der Waals surface area contributed by atoms with Crippen LogP contribution in [0.4, 0.5) is 5.69 Å². The van der Waals surface area contributed by atoms with Crippen molar-refractivity contribution in [2.75, 3.05) is 4.90 Å². The van der Waals surface area contributed by atoms with Crippen molar-refractivity contribution >= 4 is 52.5 Å². The van der Waals surface area contributed by atoms with E-state index in [-0.39, 0.29) is 10.7 Å². The van der Waals surface area contributed by atoms with Crippen molar-refractivity contribution in [1.29, 1.82) is 0 Å². The molecule has 5 nitrogen and oxygen atoms in total. The van der Waals surface area contributed by atoms with Crippen molar-refractivity contribution in [2.24, 2.45) is 0 Å². The number of aryl methyl sites for hydroxylation is 1. The van der Waals surface area contributed by atoms with E-state index in [1.807, 2.05) is 37.3 Å². The summed E-state index contributed by atoms with van der Waals surface area (Å²) >= 11 is 11.6. The van der Waals surface area contributed by atoms with Crippen LogP contribution in [-0.4, -0.2) is 16.9 Å². The first-order valence-electron chi connectivity index (χ1n) is 9.87. The molecule has 3 aromatic rings. The number of hydrogen-bond donors (Lipinski definition) is 1. The van der Waals surface area contributed by atoms with E-state index in [2.05, 4.69) is 5.32 Å². The predicted octanol–water partition coefficient (Wildman–Crippen LogP) is 5.06. The number of para-hydroxylation sites is 1. The number of halogens is 1. The van der Waals surface area contributed by atoms with Crippen molar-refractivity contribution in [1.82, 2.24) is 5.32 Å². The molecule has 160 valence electrons. The third-order valence-corrected chi connectivity index (χ3v) is 5.48. The topological polar surface area (TPSA) is 58.6 Å². The van der Waals surface area contributed by atoms with Gasteiger partial charge in [-0.2, -0.15) is 0 Å². The van der Waals surface area contributed by atoms with E-state index in [1.165, 1.54) is 16.5 Å². The van der Waals surface area contributed by atoms with Crippen LogP contribution in [0.15, 0.2) is 78.4 Å². The lowest BCUT2D eigenvalue weighted by atomic mass is 10.1. The Labute approximate surface area is 196 Å². The van der Waals surface area contributed by atoms with Gasteiger partial charge in [-0.25, -0.2) is 0 Å². The zero-order valence-corrected chi connectivity index (χ0v) is 18.7. The minimum absolute atomic E-state index is 0.0353. The van der Waals surface area contributed by atoms with Gasteiger partial charge in [-0.1, -0.05) is 65.7 Å². The third kappa shape index (κ3) is 4.72. The molecule has 1 fully saturated rings. The lowest BCUT2D eigenvalue weighted by molar-refractivity contribution is -0.122. The fraction of sp³-hybridized carbons (Fsp3) is 0.0800. The van der Waals surface area contributed by atoms with Gasteiger partial charge in [0.05, 0.1) is 10.7 Å². The van der Waals surface area contributed by atoms with Gasteiger partial charge in [0.25, 0.3) is 11.8 Å². The molecule has 0 aromatic heterocycles. The first kappa shape index (κ1) is 21.7. The number of rotatable bonds is 5. The highest BCUT2D eigenvalue weighted by Gasteiger charge is 2.34. The van der Waals surface area contributed by atoms with Gasteiger partial charge < -0.3 is 4.74 Å². The second-order valence-corrected chi connectivity index (χ2v) is 8.05. The number of nitrogens with one attached hydrogen (secondary N) is 1. The highest BCUT2D eigenvalue weighted by Crippen LogP contribution is 2.28. The van der Waals surface area contributed by atoms with Crippen LogP contribution in [0.5, 0.6) is 5.75 Å². The highest BCUT2D eigenvalue weighted by molar-refractivity contribution is 7.80. The average Bonchev–Trinajstić information content (AvgIpc) is 2.78. The fourth-order valence-electron chi connectivity index (χ4n) is 3.20. The van der Waals surface area contributed by atoms with Crippen molar-refractivity contribution in [3.05, 3.63) is 100 Å². The van der Waals surface area contributed by atoms with Gasteiger partial charge in [0, 0.05) is 0 Å². The van der Waals surface area contributed by atoms with Crippen LogP contribution in [0.3, 0.4) is 0 Å². The number of benzene rings is 3. The van der Waals surface area contributed by atoms with Crippen molar-refractivity contribution in [2.45, 2.75) is 13.5 Å². The van der Waals surface area contributed by atoms with E-state index in [0.29, 0.717) is 28.6 Å². The zero-order chi connectivity index (χ0) is 22.7. The summed E-state index contributed by atoms with van der Waals surface area (Å²) in [6.07, 6.45) is 1.49. The Kier molecular flexibility index (Phi) is 6.35. The summed E-state index contributed by atoms with van der Waals surface area (Å²) < 4.78 is 5.81. The molecule has 0 bridgehead atoms. The molecule has 1 heterocycles. The quantitative estimate of drug-likeness (QED) is 0.327. The standard InChI is InChI=1S/C25H19ClN2O3S/c1-16-7-9-17(10-8-16)15-31-22-12-11-18(14-21(22)26)13-20-23(29)27-25(32)28(24(20)30)19-5-3-2-4-6-19/h2-14H,15H2,1H3,(H,27,29,32)/b20-13-. The van der Waals surface area contributed by atoms with E-state index >= 15 is 0 Å². The van der Waals surface area contributed by atoms with Crippen molar-refractivity contribution in [3.63, 3.8) is 0 Å². The normalized spacial score (nSPS) is 15.1. The maximum atomic E-state index is 13.0. The predicted molar refractivity (Wildman–Crippen MR) is 130 cm³/mol. The molecule has 3 aromatic carbocycles. The molecule has 0 atom stereocenters. The summed E-state index contributed by atoms with van der Waals surface area (Å²) in [5, 5.41) is 2.99. The molecule has 32 heavy (non-hydrogen) atoms. The highest BCUT2D eigenvalue weighted by atomic mass is 35.5. The third-order valence-electron chi connectivity index (χ3n) is 4.90. The molecule has 2 amide bonds. The summed E-state index contributed by atoms with van der Waals surface area (Å²) in [6.45, 7) is 2.41. The van der Waals surface area contributed by atoms with Gasteiger partial charge in [0.15, 0.2) is 5.11 Å². The van der Waals surface area contributed by atoms with Crippen LogP contribution >= 0.6 is 23.8 Å². The number of carbonyl (C=O) groups is 2. The average molecular weight is 463 g/mol. The van der Waals surface area contributed by atoms with E-state index in [9.17, 15) is 9.59 Å². The first-order chi connectivity index (χ1) is 15.4. The summed E-state index contributed by atoms with van der Waals surface area (Å²) in [4.78, 5) is 26.8. The number of carbonyl (C=O) groups excluding carboxylic acids is 2. The second-order valence-electron chi connectivity index (χ2n) is 7.26. The molecule has 4 rings (SSSR count). The number of hydrogen-bond acceptors (Lipinski definition) is 4. The zero-order valence-electron chi connectivity index (χ0n) is 17.2. The Balaban J connectivity index is 1.55. The minimum Gasteiger partial charge on any atom is -0.487 e. The SMILES string of the molecule is Cc1ccc(COc2ccc(/C=C3/C(=O)NC(=S)N(c4ccccc4)C3=O)cc2Cl)cc1. The van der Waals surface area contributed by atoms with Gasteiger partial charge in [0.2, 0.25) is 0 Å². The smallest absolute Gasteiger partial charge is 0.270 e. The van der Waals surface area contributed by atoms with E-state index in [4.69, 9.17) is 28.6 Å². The lowest BCUT2D eigenvalue weighted by Gasteiger charge is -2.28. The molecule has 0 unspecified atom stereocenters.